The van der Waals surface area contributed by atoms with Crippen molar-refractivity contribution in [2.75, 3.05) is 5.32 Å². The zero-order valence-electron chi connectivity index (χ0n) is 15.9. The third kappa shape index (κ3) is 2.65. The Morgan fingerprint density at radius 2 is 1.43 bits per heavy atom. The van der Waals surface area contributed by atoms with E-state index in [0.29, 0.717) is 10.7 Å². The van der Waals surface area contributed by atoms with Gasteiger partial charge in [0.1, 0.15) is 0 Å². The molecule has 0 aliphatic heterocycles. The topological polar surface area (TPSA) is 42.0 Å². The fourth-order valence-electron chi connectivity index (χ4n) is 4.08. The summed E-state index contributed by atoms with van der Waals surface area (Å²) in [7, 11) is 0. The summed E-state index contributed by atoms with van der Waals surface area (Å²) in [5.41, 5.74) is 6.14. The Bertz CT molecular complexity index is 1360. The monoisotopic (exact) mass is 404 g/mol. The molecule has 1 aliphatic carbocycles. The van der Waals surface area contributed by atoms with Gasteiger partial charge in [-0.2, -0.15) is 0 Å². The molecule has 1 aliphatic rings. The van der Waals surface area contributed by atoms with Crippen molar-refractivity contribution in [1.29, 1.82) is 0 Å². The van der Waals surface area contributed by atoms with Gasteiger partial charge >= 0.3 is 0 Å². The van der Waals surface area contributed by atoms with E-state index in [2.05, 4.69) is 53.8 Å². The lowest BCUT2D eigenvalue weighted by molar-refractivity contribution is 0.102. The highest BCUT2D eigenvalue weighted by atomic mass is 32.1. The molecule has 1 aromatic heterocycles. The van der Waals surface area contributed by atoms with Gasteiger partial charge in [0.25, 0.3) is 5.91 Å². The lowest BCUT2D eigenvalue weighted by Gasteiger charge is -2.05. The highest BCUT2D eigenvalue weighted by Crippen LogP contribution is 2.50. The molecule has 3 nitrogen and oxygen atoms in total. The van der Waals surface area contributed by atoms with E-state index in [9.17, 15) is 4.79 Å². The van der Waals surface area contributed by atoms with Crippen molar-refractivity contribution in [3.63, 3.8) is 0 Å². The lowest BCUT2D eigenvalue weighted by Crippen LogP contribution is -2.11. The summed E-state index contributed by atoms with van der Waals surface area (Å²) in [4.78, 5) is 18.7. The summed E-state index contributed by atoms with van der Waals surface area (Å²) in [6, 6.07) is 30.4. The van der Waals surface area contributed by atoms with Crippen LogP contribution < -0.4 is 5.32 Å². The van der Waals surface area contributed by atoms with Crippen molar-refractivity contribution in [2.45, 2.75) is 0 Å². The molecule has 0 spiro atoms. The predicted octanol–water partition coefficient (Wildman–Crippen LogP) is 6.86. The Hall–Kier alpha value is -3.76. The van der Waals surface area contributed by atoms with Gasteiger partial charge in [-0.15, -0.1) is 0 Å². The van der Waals surface area contributed by atoms with E-state index in [-0.39, 0.29) is 5.91 Å². The van der Waals surface area contributed by atoms with Crippen LogP contribution in [0.4, 0.5) is 5.13 Å². The van der Waals surface area contributed by atoms with Crippen LogP contribution >= 0.6 is 11.3 Å². The largest absolute Gasteiger partial charge is 0.298 e. The quantitative estimate of drug-likeness (QED) is 0.350. The Balaban J connectivity index is 1.28. The normalized spacial score (nSPS) is 11.5. The van der Waals surface area contributed by atoms with E-state index in [1.165, 1.54) is 27.7 Å². The zero-order valence-corrected chi connectivity index (χ0v) is 16.7. The molecule has 4 aromatic carbocycles. The van der Waals surface area contributed by atoms with Crippen LogP contribution in [-0.2, 0) is 0 Å². The first-order valence-electron chi connectivity index (χ1n) is 9.78. The van der Waals surface area contributed by atoms with Gasteiger partial charge in [-0.3, -0.25) is 10.1 Å². The second-order valence-corrected chi connectivity index (χ2v) is 8.30. The predicted molar refractivity (Wildman–Crippen MR) is 124 cm³/mol. The number of rotatable bonds is 3. The van der Waals surface area contributed by atoms with E-state index in [0.717, 1.165) is 27.3 Å². The van der Waals surface area contributed by atoms with Crippen LogP contribution in [0.3, 0.4) is 0 Å². The number of hydrogen-bond acceptors (Lipinski definition) is 3. The molecule has 0 fully saturated rings. The van der Waals surface area contributed by atoms with E-state index < -0.39 is 0 Å². The Labute approximate surface area is 177 Å². The van der Waals surface area contributed by atoms with Gasteiger partial charge in [0.05, 0.1) is 10.6 Å². The van der Waals surface area contributed by atoms with Crippen molar-refractivity contribution in [2.24, 2.45) is 0 Å². The van der Waals surface area contributed by atoms with E-state index >= 15 is 0 Å². The second kappa shape index (κ2) is 6.65. The lowest BCUT2D eigenvalue weighted by atomic mass is 10.0. The van der Waals surface area contributed by atoms with Crippen LogP contribution in [0, 0.1) is 0 Å². The molecule has 0 bridgehead atoms. The van der Waals surface area contributed by atoms with Crippen LogP contribution in [-0.4, -0.2) is 10.9 Å². The van der Waals surface area contributed by atoms with Crippen molar-refractivity contribution >= 4 is 33.1 Å². The number of nitrogens with one attached hydrogen (secondary N) is 1. The summed E-state index contributed by atoms with van der Waals surface area (Å²) in [5.74, 6) is -0.145. The number of anilines is 1. The molecular weight excluding hydrogens is 388 g/mol. The number of hydrogen-bond donors (Lipinski definition) is 1. The minimum atomic E-state index is -0.145. The molecule has 4 heteroatoms. The van der Waals surface area contributed by atoms with Crippen molar-refractivity contribution in [3.8, 4) is 32.8 Å². The molecule has 1 heterocycles. The van der Waals surface area contributed by atoms with Gasteiger partial charge in [0.2, 0.25) is 0 Å². The van der Waals surface area contributed by atoms with Crippen molar-refractivity contribution in [1.82, 2.24) is 4.98 Å². The maximum atomic E-state index is 12.8. The average Bonchev–Trinajstić information content (AvgIpc) is 3.34. The van der Waals surface area contributed by atoms with E-state index in [1.807, 2.05) is 42.5 Å². The van der Waals surface area contributed by atoms with Gasteiger partial charge < -0.3 is 0 Å². The second-order valence-electron chi connectivity index (χ2n) is 7.30. The van der Waals surface area contributed by atoms with E-state index in [1.54, 1.807) is 0 Å². The number of nitrogens with zero attached hydrogens (tertiary/aromatic N) is 1. The molecule has 6 rings (SSSR count). The summed E-state index contributed by atoms with van der Waals surface area (Å²) >= 11 is 1.53. The Morgan fingerprint density at radius 3 is 2.20 bits per heavy atom. The minimum absolute atomic E-state index is 0.145. The number of carbonyl (C=O) groups is 1. The fraction of sp³-hybridized carbons (Fsp3) is 0. The van der Waals surface area contributed by atoms with Gasteiger partial charge in [0, 0.05) is 16.7 Å². The molecule has 142 valence electrons. The number of amides is 1. The number of aromatic nitrogens is 1. The maximum Gasteiger partial charge on any atom is 0.257 e. The molecule has 0 saturated carbocycles. The fourth-order valence-corrected chi connectivity index (χ4v) is 5.09. The zero-order chi connectivity index (χ0) is 20.1. The van der Waals surface area contributed by atoms with Gasteiger partial charge in [-0.25, -0.2) is 4.98 Å². The van der Waals surface area contributed by atoms with Crippen LogP contribution in [0.2, 0.25) is 0 Å². The molecule has 30 heavy (non-hydrogen) atoms. The summed E-state index contributed by atoms with van der Waals surface area (Å²) < 4.78 is 0. The van der Waals surface area contributed by atoms with E-state index in [4.69, 9.17) is 4.98 Å². The van der Waals surface area contributed by atoms with Crippen molar-refractivity contribution in [3.05, 3.63) is 96.6 Å². The SMILES string of the molecule is O=C(Nc1nc2c(s1)-c1cccc3cccc-2c13)c1ccc(-c2ccccc2)cc1. The first kappa shape index (κ1) is 17.1. The molecule has 0 atom stereocenters. The van der Waals surface area contributed by atoms with Crippen LogP contribution in [0.1, 0.15) is 10.4 Å². The third-order valence-electron chi connectivity index (χ3n) is 5.51. The van der Waals surface area contributed by atoms with Crippen LogP contribution in [0.25, 0.3) is 43.6 Å². The number of carbonyl (C=O) groups excluding carboxylic acids is 1. The highest BCUT2D eigenvalue weighted by molar-refractivity contribution is 7.20. The molecule has 1 N–H and O–H groups in total. The minimum Gasteiger partial charge on any atom is -0.298 e. The average molecular weight is 404 g/mol. The highest BCUT2D eigenvalue weighted by Gasteiger charge is 2.26. The third-order valence-corrected chi connectivity index (χ3v) is 6.51. The number of thiazole rings is 1. The summed E-state index contributed by atoms with van der Waals surface area (Å²) in [5, 5.41) is 6.08. The maximum absolute atomic E-state index is 12.8. The first-order chi connectivity index (χ1) is 14.8. The van der Waals surface area contributed by atoms with Crippen LogP contribution in [0.15, 0.2) is 91.0 Å². The summed E-state index contributed by atoms with van der Waals surface area (Å²) in [6.45, 7) is 0. The molecule has 5 aromatic rings. The molecule has 0 unspecified atom stereocenters. The standard InChI is InChI=1S/C26H16N2OS/c29-25(19-14-12-17(13-15-19)16-6-2-1-3-7-16)28-26-27-23-20-10-4-8-18-9-5-11-21(22(18)20)24(23)30-26/h1-15H,(H,27,28,29). The number of benzene rings is 4. The van der Waals surface area contributed by atoms with Gasteiger partial charge in [-0.1, -0.05) is 90.2 Å². The first-order valence-corrected chi connectivity index (χ1v) is 10.6. The summed E-state index contributed by atoms with van der Waals surface area (Å²) in [6.07, 6.45) is 0. The molecular formula is C26H16N2OS. The molecule has 0 saturated heterocycles. The number of fused-ring (bicyclic) bond motifs is 3. The van der Waals surface area contributed by atoms with Gasteiger partial charge in [-0.05, 0) is 34.0 Å². The molecule has 1 amide bonds. The molecule has 0 radical (unpaired) electrons. The Morgan fingerprint density at radius 1 is 0.733 bits per heavy atom. The smallest absolute Gasteiger partial charge is 0.257 e. The Kier molecular flexibility index (Phi) is 3.79. The van der Waals surface area contributed by atoms with Crippen LogP contribution in [0.5, 0.6) is 0 Å². The van der Waals surface area contributed by atoms with Crippen molar-refractivity contribution < 1.29 is 4.79 Å². The van der Waals surface area contributed by atoms with Gasteiger partial charge in [0.15, 0.2) is 5.13 Å².